The number of hydrogen-bond donors (Lipinski definition) is 2. The highest BCUT2D eigenvalue weighted by atomic mass is 35.5. The first-order chi connectivity index (χ1) is 16.9. The number of nitrogen functional groups attached to an aromatic ring is 1. The molecule has 3 aliphatic carbocycles. The molecule has 4 aliphatic rings. The van der Waals surface area contributed by atoms with Gasteiger partial charge in [-0.25, -0.2) is 14.8 Å². The Balaban J connectivity index is 1.27. The monoisotopic (exact) mass is 493 g/mol. The van der Waals surface area contributed by atoms with Gasteiger partial charge in [-0.05, 0) is 61.8 Å². The fourth-order valence-corrected chi connectivity index (χ4v) is 5.99. The van der Waals surface area contributed by atoms with E-state index in [1.165, 1.54) is 12.8 Å². The number of fused-ring (bicyclic) bond motifs is 2. The van der Waals surface area contributed by atoms with Gasteiger partial charge in [-0.3, -0.25) is 4.68 Å². The van der Waals surface area contributed by atoms with Crippen LogP contribution in [0.15, 0.2) is 30.6 Å². The summed E-state index contributed by atoms with van der Waals surface area (Å²) in [6, 6.07) is 5.80. The van der Waals surface area contributed by atoms with Crippen LogP contribution in [0.5, 0.6) is 5.75 Å². The number of ether oxygens (including phenoxy) is 1. The van der Waals surface area contributed by atoms with Gasteiger partial charge in [-0.1, -0.05) is 11.6 Å². The van der Waals surface area contributed by atoms with Gasteiger partial charge in [0.1, 0.15) is 12.4 Å². The van der Waals surface area contributed by atoms with E-state index in [4.69, 9.17) is 22.1 Å². The van der Waals surface area contributed by atoms with Crippen molar-refractivity contribution in [3.63, 3.8) is 0 Å². The van der Waals surface area contributed by atoms with E-state index >= 15 is 0 Å². The molecule has 3 N–H and O–H groups in total. The van der Waals surface area contributed by atoms with Crippen LogP contribution in [0.1, 0.15) is 36.1 Å². The molecule has 3 aromatic rings. The maximum Gasteiger partial charge on any atom is 0.318 e. The van der Waals surface area contributed by atoms with Gasteiger partial charge < -0.3 is 20.7 Å². The fraction of sp³-hybridized carbons (Fsp3) is 0.440. The minimum atomic E-state index is -0.0476. The van der Waals surface area contributed by atoms with Gasteiger partial charge in [0.2, 0.25) is 5.95 Å². The van der Waals surface area contributed by atoms with Crippen LogP contribution in [0.4, 0.5) is 10.7 Å². The number of anilines is 1. The molecule has 3 fully saturated rings. The van der Waals surface area contributed by atoms with Crippen LogP contribution >= 0.6 is 11.6 Å². The molecule has 3 heterocycles. The quantitative estimate of drug-likeness (QED) is 0.540. The second-order valence-corrected chi connectivity index (χ2v) is 10.3. The summed E-state index contributed by atoms with van der Waals surface area (Å²) in [5.41, 5.74) is 10.2. The van der Waals surface area contributed by atoms with E-state index in [0.717, 1.165) is 34.7 Å². The minimum Gasteiger partial charge on any atom is -0.491 e. The summed E-state index contributed by atoms with van der Waals surface area (Å²) in [6.07, 6.45) is 7.21. The first kappa shape index (κ1) is 22.2. The van der Waals surface area contributed by atoms with E-state index in [1.807, 2.05) is 29.9 Å². The van der Waals surface area contributed by atoms with Crippen LogP contribution in [-0.2, 0) is 19.6 Å². The zero-order valence-corrected chi connectivity index (χ0v) is 20.3. The normalized spacial score (nSPS) is 22.1. The van der Waals surface area contributed by atoms with Gasteiger partial charge >= 0.3 is 6.03 Å². The van der Waals surface area contributed by atoms with Crippen LogP contribution in [0.3, 0.4) is 0 Å². The topological polar surface area (TPSA) is 111 Å². The molecule has 2 amide bonds. The number of amides is 2. The lowest BCUT2D eigenvalue weighted by atomic mass is 9.84. The maximum absolute atomic E-state index is 13.1. The van der Waals surface area contributed by atoms with Gasteiger partial charge in [-0.15, -0.1) is 0 Å². The maximum atomic E-state index is 13.1. The lowest BCUT2D eigenvalue weighted by molar-refractivity contribution is 0.190. The number of carbonyl (C=O) groups is 1. The van der Waals surface area contributed by atoms with Gasteiger partial charge in [0, 0.05) is 34.6 Å². The van der Waals surface area contributed by atoms with E-state index in [0.29, 0.717) is 54.7 Å². The summed E-state index contributed by atoms with van der Waals surface area (Å²) in [7, 11) is 0. The Morgan fingerprint density at radius 2 is 2.11 bits per heavy atom. The molecule has 182 valence electrons. The average Bonchev–Trinajstić information content (AvgIpc) is 3.56. The Morgan fingerprint density at radius 1 is 1.26 bits per heavy atom. The van der Waals surface area contributed by atoms with Crippen molar-refractivity contribution in [1.29, 1.82) is 0 Å². The molecular weight excluding hydrogens is 466 g/mol. The zero-order chi connectivity index (χ0) is 24.1. The smallest absolute Gasteiger partial charge is 0.318 e. The van der Waals surface area contributed by atoms with Crippen LogP contribution in [0.25, 0.3) is 11.3 Å². The highest BCUT2D eigenvalue weighted by Gasteiger charge is 2.45. The third kappa shape index (κ3) is 4.18. The van der Waals surface area contributed by atoms with Crippen LogP contribution in [0.2, 0.25) is 5.02 Å². The minimum absolute atomic E-state index is 0.0476. The zero-order valence-electron chi connectivity index (χ0n) is 19.6. The fourth-order valence-electron chi connectivity index (χ4n) is 5.72. The molecule has 1 aliphatic heterocycles. The molecule has 1 aromatic carbocycles. The molecule has 7 rings (SSSR count). The van der Waals surface area contributed by atoms with Crippen molar-refractivity contribution in [2.45, 2.75) is 51.9 Å². The van der Waals surface area contributed by atoms with E-state index in [1.54, 1.807) is 17.2 Å². The summed E-state index contributed by atoms with van der Waals surface area (Å²) in [4.78, 5) is 24.0. The number of urea groups is 1. The van der Waals surface area contributed by atoms with Crippen LogP contribution in [0, 0.1) is 18.8 Å². The highest BCUT2D eigenvalue weighted by Crippen LogP contribution is 2.48. The molecule has 1 atom stereocenters. The highest BCUT2D eigenvalue weighted by molar-refractivity contribution is 6.31. The van der Waals surface area contributed by atoms with Crippen molar-refractivity contribution in [1.82, 2.24) is 30.0 Å². The Hall–Kier alpha value is -3.33. The molecule has 1 unspecified atom stereocenters. The second kappa shape index (κ2) is 8.71. The summed E-state index contributed by atoms with van der Waals surface area (Å²) in [6.45, 7) is 3.81. The molecule has 0 spiro atoms. The van der Waals surface area contributed by atoms with Gasteiger partial charge in [0.15, 0.2) is 0 Å². The predicted octanol–water partition coefficient (Wildman–Crippen LogP) is 3.79. The van der Waals surface area contributed by atoms with Crippen molar-refractivity contribution in [3.05, 3.63) is 52.4 Å². The lowest BCUT2D eigenvalue weighted by Crippen LogP contribution is -2.43. The Morgan fingerprint density at radius 3 is 2.86 bits per heavy atom. The second-order valence-electron chi connectivity index (χ2n) is 9.81. The van der Waals surface area contributed by atoms with Crippen molar-refractivity contribution < 1.29 is 9.53 Å². The lowest BCUT2D eigenvalue weighted by Gasteiger charge is -2.26. The third-order valence-corrected chi connectivity index (χ3v) is 7.68. The van der Waals surface area contributed by atoms with E-state index in [9.17, 15) is 4.79 Å². The number of rotatable bonds is 6. The molecule has 3 saturated carbocycles. The predicted molar refractivity (Wildman–Crippen MR) is 132 cm³/mol. The Kier molecular flexibility index (Phi) is 5.51. The number of aryl methyl sites for hydroxylation is 1. The number of halogens is 1. The standard InChI is InChI=1S/C25H28ClN7O2/c1-14-7-17(26)11-21(35-6-5-33-4-2-3-28-33)22(14)23-18-12-32(13-20(18)29-24(27)31-23)25(34)30-19-10-15-8-16(19)9-15/h2-4,7,11,15-16,19H,5-6,8-10,12-13H2,1H3,(H,30,34)(H2,27,29,31). The number of nitrogens with zero attached hydrogens (tertiary/aromatic N) is 5. The number of benzene rings is 1. The van der Waals surface area contributed by atoms with Crippen LogP contribution < -0.4 is 15.8 Å². The largest absolute Gasteiger partial charge is 0.491 e. The van der Waals surface area contributed by atoms with Gasteiger partial charge in [0.05, 0.1) is 31.0 Å². The van der Waals surface area contributed by atoms with Crippen molar-refractivity contribution >= 4 is 23.6 Å². The molecule has 2 aromatic heterocycles. The van der Waals surface area contributed by atoms with Crippen molar-refractivity contribution in [2.75, 3.05) is 12.3 Å². The molecule has 35 heavy (non-hydrogen) atoms. The molecular formula is C25H28ClN7O2. The number of aromatic nitrogens is 4. The first-order valence-corrected chi connectivity index (χ1v) is 12.4. The number of hydrogen-bond acceptors (Lipinski definition) is 6. The number of carbonyl (C=O) groups excluding carboxylic acids is 1. The average molecular weight is 494 g/mol. The Bertz CT molecular complexity index is 1270. The van der Waals surface area contributed by atoms with E-state index in [-0.39, 0.29) is 12.0 Å². The van der Waals surface area contributed by atoms with Gasteiger partial charge in [0.25, 0.3) is 0 Å². The molecule has 10 heteroatoms. The van der Waals surface area contributed by atoms with E-state index in [2.05, 4.69) is 20.4 Å². The molecule has 0 radical (unpaired) electrons. The molecule has 0 saturated heterocycles. The van der Waals surface area contributed by atoms with Crippen molar-refractivity contribution in [2.24, 2.45) is 11.8 Å². The third-order valence-electron chi connectivity index (χ3n) is 7.46. The Labute approximate surface area is 208 Å². The molecule has 2 bridgehead atoms. The molecule has 9 nitrogen and oxygen atoms in total. The van der Waals surface area contributed by atoms with Crippen molar-refractivity contribution in [3.8, 4) is 17.0 Å². The number of nitrogens with two attached hydrogens (primary N) is 1. The van der Waals surface area contributed by atoms with E-state index < -0.39 is 0 Å². The first-order valence-electron chi connectivity index (χ1n) is 12.1. The van der Waals surface area contributed by atoms with Crippen LogP contribution in [-0.4, -0.2) is 43.3 Å². The summed E-state index contributed by atoms with van der Waals surface area (Å²) < 4.78 is 7.97. The number of nitrogens with one attached hydrogen (secondary N) is 1. The summed E-state index contributed by atoms with van der Waals surface area (Å²) in [5, 5.41) is 8.05. The summed E-state index contributed by atoms with van der Waals surface area (Å²) in [5.74, 6) is 2.22. The van der Waals surface area contributed by atoms with Gasteiger partial charge in [-0.2, -0.15) is 5.10 Å². The SMILES string of the molecule is Cc1cc(Cl)cc(OCCn2cccn2)c1-c1nc(N)nc2c1CN(C(=O)NC1CC3CC1C3)C2. The summed E-state index contributed by atoms with van der Waals surface area (Å²) >= 11 is 6.38.